The van der Waals surface area contributed by atoms with Crippen LogP contribution in [0.2, 0.25) is 0 Å². The van der Waals surface area contributed by atoms with Gasteiger partial charge in [0.15, 0.2) is 0 Å². The summed E-state index contributed by atoms with van der Waals surface area (Å²) in [7, 11) is 0. The maximum Gasteiger partial charge on any atom is 0.416 e. The van der Waals surface area contributed by atoms with Crippen molar-refractivity contribution < 1.29 is 22.4 Å². The molecule has 0 bridgehead atoms. The number of carbonyl (C=O) groups excluding carboxylic acids is 1. The third kappa shape index (κ3) is 4.31. The Morgan fingerprint density at radius 2 is 1.57 bits per heavy atom. The van der Waals surface area contributed by atoms with Crippen molar-refractivity contribution in [1.29, 1.82) is 0 Å². The lowest BCUT2D eigenvalue weighted by atomic mass is 10.1. The van der Waals surface area contributed by atoms with Gasteiger partial charge in [-0.2, -0.15) is 13.2 Å². The number of likely N-dealkylation sites (N-methyl/N-ethyl adjacent to an activating group) is 1. The molecule has 0 N–H and O–H groups in total. The van der Waals surface area contributed by atoms with Crippen LogP contribution in [0.25, 0.3) is 0 Å². The smallest absolute Gasteiger partial charge is 0.312 e. The number of nitrogens with zero attached hydrogens (tertiary/aromatic N) is 1. The SMILES string of the molecule is CCN(C(=O)Cc1ccc(C(F)(F)F)cc1)c1ccc(F)cc1. The molecule has 122 valence electrons. The lowest BCUT2D eigenvalue weighted by Gasteiger charge is -2.21. The van der Waals surface area contributed by atoms with Crippen molar-refractivity contribution >= 4 is 11.6 Å². The summed E-state index contributed by atoms with van der Waals surface area (Å²) in [6.07, 6.45) is -4.42. The number of hydrogen-bond acceptors (Lipinski definition) is 1. The van der Waals surface area contributed by atoms with Gasteiger partial charge >= 0.3 is 6.18 Å². The number of halogens is 4. The molecule has 0 radical (unpaired) electrons. The number of alkyl halides is 3. The Kier molecular flexibility index (Phi) is 5.03. The van der Waals surface area contributed by atoms with Crippen molar-refractivity contribution in [1.82, 2.24) is 0 Å². The van der Waals surface area contributed by atoms with E-state index in [0.29, 0.717) is 17.8 Å². The van der Waals surface area contributed by atoms with Gasteiger partial charge in [0.1, 0.15) is 5.82 Å². The molecule has 0 fully saturated rings. The molecule has 0 aliphatic heterocycles. The van der Waals surface area contributed by atoms with Crippen molar-refractivity contribution in [2.45, 2.75) is 19.5 Å². The Bertz CT molecular complexity index is 662. The van der Waals surface area contributed by atoms with Gasteiger partial charge < -0.3 is 4.90 Å². The van der Waals surface area contributed by atoms with Crippen molar-refractivity contribution in [3.8, 4) is 0 Å². The number of carbonyl (C=O) groups is 1. The predicted molar refractivity (Wildman–Crippen MR) is 79.6 cm³/mol. The van der Waals surface area contributed by atoms with E-state index in [2.05, 4.69) is 0 Å². The van der Waals surface area contributed by atoms with Crippen molar-refractivity contribution in [2.75, 3.05) is 11.4 Å². The zero-order chi connectivity index (χ0) is 17.0. The van der Waals surface area contributed by atoms with Crippen LogP contribution in [0.3, 0.4) is 0 Å². The second-order valence-corrected chi connectivity index (χ2v) is 4.99. The molecular formula is C17H15F4NO. The van der Waals surface area contributed by atoms with E-state index in [1.54, 1.807) is 6.92 Å². The molecule has 6 heteroatoms. The molecule has 0 atom stereocenters. The summed E-state index contributed by atoms with van der Waals surface area (Å²) in [5.74, 6) is -0.668. The average Bonchev–Trinajstić information content (AvgIpc) is 2.49. The topological polar surface area (TPSA) is 20.3 Å². The van der Waals surface area contributed by atoms with E-state index in [-0.39, 0.29) is 12.3 Å². The molecule has 0 spiro atoms. The number of benzene rings is 2. The Balaban J connectivity index is 2.12. The summed E-state index contributed by atoms with van der Waals surface area (Å²) in [6.45, 7) is 2.15. The Labute approximate surface area is 131 Å². The molecule has 1 amide bonds. The molecule has 0 aliphatic carbocycles. The highest BCUT2D eigenvalue weighted by atomic mass is 19.4. The van der Waals surface area contributed by atoms with Crippen LogP contribution in [0.5, 0.6) is 0 Å². The molecule has 2 nitrogen and oxygen atoms in total. The van der Waals surface area contributed by atoms with Crippen LogP contribution >= 0.6 is 0 Å². The minimum atomic E-state index is -4.40. The number of anilines is 1. The van der Waals surface area contributed by atoms with Crippen LogP contribution in [0, 0.1) is 5.82 Å². The summed E-state index contributed by atoms with van der Waals surface area (Å²) >= 11 is 0. The standard InChI is InChI=1S/C17H15F4NO/c1-2-22(15-9-7-14(18)8-10-15)16(23)11-12-3-5-13(6-4-12)17(19,20)21/h3-10H,2,11H2,1H3. The van der Waals surface area contributed by atoms with Gasteiger partial charge in [-0.3, -0.25) is 4.79 Å². The predicted octanol–water partition coefficient (Wildman–Crippen LogP) is 4.44. The van der Waals surface area contributed by atoms with E-state index in [0.717, 1.165) is 12.1 Å². The summed E-state index contributed by atoms with van der Waals surface area (Å²) in [4.78, 5) is 13.8. The number of hydrogen-bond donors (Lipinski definition) is 0. The largest absolute Gasteiger partial charge is 0.416 e. The molecule has 0 unspecified atom stereocenters. The van der Waals surface area contributed by atoms with Crippen molar-refractivity contribution in [3.05, 3.63) is 65.5 Å². The van der Waals surface area contributed by atoms with Gasteiger partial charge in [-0.15, -0.1) is 0 Å². The Morgan fingerprint density at radius 3 is 2.04 bits per heavy atom. The first kappa shape index (κ1) is 17.0. The van der Waals surface area contributed by atoms with Gasteiger partial charge in [0.25, 0.3) is 0 Å². The Morgan fingerprint density at radius 1 is 1.00 bits per heavy atom. The van der Waals surface area contributed by atoms with E-state index in [1.807, 2.05) is 0 Å². The van der Waals surface area contributed by atoms with Crippen molar-refractivity contribution in [3.63, 3.8) is 0 Å². The molecule has 23 heavy (non-hydrogen) atoms. The fourth-order valence-electron chi connectivity index (χ4n) is 2.21. The van der Waals surface area contributed by atoms with E-state index >= 15 is 0 Å². The summed E-state index contributed by atoms with van der Waals surface area (Å²) in [6, 6.07) is 9.98. The molecule has 2 aromatic carbocycles. The first-order chi connectivity index (χ1) is 10.8. The molecular weight excluding hydrogens is 310 g/mol. The quantitative estimate of drug-likeness (QED) is 0.761. The van der Waals surface area contributed by atoms with Gasteiger partial charge in [0.05, 0.1) is 12.0 Å². The lowest BCUT2D eigenvalue weighted by Crippen LogP contribution is -2.32. The zero-order valence-corrected chi connectivity index (χ0v) is 12.4. The molecule has 2 rings (SSSR count). The highest BCUT2D eigenvalue weighted by molar-refractivity contribution is 5.94. The van der Waals surface area contributed by atoms with Crippen LogP contribution in [-0.4, -0.2) is 12.5 Å². The van der Waals surface area contributed by atoms with Gasteiger partial charge in [-0.25, -0.2) is 4.39 Å². The summed E-state index contributed by atoms with van der Waals surface area (Å²) < 4.78 is 50.5. The lowest BCUT2D eigenvalue weighted by molar-refractivity contribution is -0.137. The molecule has 0 saturated carbocycles. The first-order valence-electron chi connectivity index (χ1n) is 7.03. The van der Waals surface area contributed by atoms with Gasteiger partial charge in [-0.1, -0.05) is 12.1 Å². The van der Waals surface area contributed by atoms with Crippen LogP contribution in [0.15, 0.2) is 48.5 Å². The van der Waals surface area contributed by atoms with Crippen LogP contribution in [0.1, 0.15) is 18.1 Å². The maximum absolute atomic E-state index is 12.9. The monoisotopic (exact) mass is 325 g/mol. The fraction of sp³-hybridized carbons (Fsp3) is 0.235. The second kappa shape index (κ2) is 6.81. The average molecular weight is 325 g/mol. The van der Waals surface area contributed by atoms with E-state index in [4.69, 9.17) is 0 Å². The molecule has 0 aliphatic rings. The minimum absolute atomic E-state index is 0.0245. The number of rotatable bonds is 4. The van der Waals surface area contributed by atoms with Crippen LogP contribution in [0.4, 0.5) is 23.2 Å². The van der Waals surface area contributed by atoms with E-state index in [9.17, 15) is 22.4 Å². The highest BCUT2D eigenvalue weighted by Crippen LogP contribution is 2.29. The van der Waals surface area contributed by atoms with E-state index < -0.39 is 17.6 Å². The first-order valence-corrected chi connectivity index (χ1v) is 7.03. The number of amides is 1. The highest BCUT2D eigenvalue weighted by Gasteiger charge is 2.30. The molecule has 2 aromatic rings. The summed E-state index contributed by atoms with van der Waals surface area (Å²) in [5, 5.41) is 0. The molecule has 0 heterocycles. The Hall–Kier alpha value is -2.37. The fourth-order valence-corrected chi connectivity index (χ4v) is 2.21. The maximum atomic E-state index is 12.9. The van der Waals surface area contributed by atoms with Crippen LogP contribution in [-0.2, 0) is 17.4 Å². The molecule has 0 aromatic heterocycles. The van der Waals surface area contributed by atoms with Gasteiger partial charge in [0, 0.05) is 12.2 Å². The third-order valence-corrected chi connectivity index (χ3v) is 3.39. The summed E-state index contributed by atoms with van der Waals surface area (Å²) in [5.41, 5.74) is 0.286. The second-order valence-electron chi connectivity index (χ2n) is 4.99. The van der Waals surface area contributed by atoms with Gasteiger partial charge in [-0.05, 0) is 48.9 Å². The third-order valence-electron chi connectivity index (χ3n) is 3.39. The van der Waals surface area contributed by atoms with E-state index in [1.165, 1.54) is 41.3 Å². The van der Waals surface area contributed by atoms with Gasteiger partial charge in [0.2, 0.25) is 5.91 Å². The molecule has 0 saturated heterocycles. The normalized spacial score (nSPS) is 11.3. The zero-order valence-electron chi connectivity index (χ0n) is 12.4. The van der Waals surface area contributed by atoms with Crippen molar-refractivity contribution in [2.24, 2.45) is 0 Å². The minimum Gasteiger partial charge on any atom is -0.312 e. The van der Waals surface area contributed by atoms with Crippen LogP contribution < -0.4 is 4.90 Å².